The highest BCUT2D eigenvalue weighted by atomic mass is 16.3. The molecule has 2 N–H and O–H groups in total. The van der Waals surface area contributed by atoms with Crippen LogP contribution in [0.4, 0.5) is 0 Å². The summed E-state index contributed by atoms with van der Waals surface area (Å²) in [6, 6.07) is 13.2. The number of phenolic OH excluding ortho intramolecular Hbond substituents is 2. The number of rotatable bonds is 3. The molecule has 0 aliphatic rings. The van der Waals surface area contributed by atoms with E-state index in [9.17, 15) is 10.2 Å². The highest BCUT2D eigenvalue weighted by Gasteiger charge is 1.99. The molecule has 2 aromatic carbocycles. The topological polar surface area (TPSA) is 40.5 Å². The van der Waals surface area contributed by atoms with Crippen LogP contribution in [0.2, 0.25) is 0 Å². The monoisotopic (exact) mass is 254 g/mol. The summed E-state index contributed by atoms with van der Waals surface area (Å²) in [5.74, 6) is 0.336. The zero-order chi connectivity index (χ0) is 13.8. The average molecular weight is 254 g/mol. The van der Waals surface area contributed by atoms with Crippen LogP contribution in [0.15, 0.2) is 42.5 Å². The Morgan fingerprint density at radius 1 is 0.789 bits per heavy atom. The van der Waals surface area contributed by atoms with Crippen LogP contribution in [-0.2, 0) is 0 Å². The van der Waals surface area contributed by atoms with Crippen molar-refractivity contribution in [2.24, 2.45) is 0 Å². The molecule has 19 heavy (non-hydrogen) atoms. The van der Waals surface area contributed by atoms with E-state index in [0.29, 0.717) is 5.92 Å². The molecule has 0 saturated heterocycles. The quantitative estimate of drug-likeness (QED) is 0.630. The van der Waals surface area contributed by atoms with E-state index in [1.54, 1.807) is 6.07 Å². The van der Waals surface area contributed by atoms with Gasteiger partial charge in [0.15, 0.2) is 11.5 Å². The first kappa shape index (κ1) is 13.2. The molecule has 0 saturated carbocycles. The number of aromatic hydroxyl groups is 2. The molecule has 0 spiro atoms. The van der Waals surface area contributed by atoms with Gasteiger partial charge in [-0.2, -0.15) is 0 Å². The third-order valence-corrected chi connectivity index (χ3v) is 3.07. The van der Waals surface area contributed by atoms with Crippen molar-refractivity contribution in [1.29, 1.82) is 0 Å². The summed E-state index contributed by atoms with van der Waals surface area (Å²) in [5.41, 5.74) is 3.28. The van der Waals surface area contributed by atoms with Gasteiger partial charge in [0, 0.05) is 0 Å². The summed E-state index contributed by atoms with van der Waals surface area (Å²) in [5, 5.41) is 18.6. The third-order valence-electron chi connectivity index (χ3n) is 3.07. The first-order valence-electron chi connectivity index (χ1n) is 6.36. The number of phenols is 2. The smallest absolute Gasteiger partial charge is 0.157 e. The standard InChI is InChI=1S/C17H18O2/c1-12(2)15-8-5-13(6-9-15)3-4-14-7-10-16(18)17(19)11-14/h3-12,18-19H,1-2H3. The first-order valence-corrected chi connectivity index (χ1v) is 6.36. The van der Waals surface area contributed by atoms with Crippen LogP contribution in [0.3, 0.4) is 0 Å². The molecule has 2 aromatic rings. The molecule has 2 nitrogen and oxygen atoms in total. The molecule has 0 unspecified atom stereocenters. The Kier molecular flexibility index (Phi) is 3.91. The lowest BCUT2D eigenvalue weighted by Crippen LogP contribution is -1.85. The van der Waals surface area contributed by atoms with Crippen molar-refractivity contribution in [3.05, 3.63) is 59.2 Å². The molecule has 0 bridgehead atoms. The van der Waals surface area contributed by atoms with E-state index in [-0.39, 0.29) is 11.5 Å². The fourth-order valence-electron chi connectivity index (χ4n) is 1.83. The maximum Gasteiger partial charge on any atom is 0.157 e. The molecule has 2 heteroatoms. The number of benzene rings is 2. The number of hydrogen-bond acceptors (Lipinski definition) is 2. The van der Waals surface area contributed by atoms with Crippen LogP contribution in [0, 0.1) is 0 Å². The molecule has 0 aromatic heterocycles. The van der Waals surface area contributed by atoms with Crippen molar-refractivity contribution in [3.63, 3.8) is 0 Å². The van der Waals surface area contributed by atoms with Crippen LogP contribution in [0.1, 0.15) is 36.5 Å². The van der Waals surface area contributed by atoms with Gasteiger partial charge in [-0.1, -0.05) is 56.3 Å². The van der Waals surface area contributed by atoms with Gasteiger partial charge in [-0.05, 0) is 34.7 Å². The minimum atomic E-state index is -0.0997. The molecule has 2 rings (SSSR count). The SMILES string of the molecule is CC(C)c1ccc(C=Cc2ccc(O)c(O)c2)cc1. The van der Waals surface area contributed by atoms with Gasteiger partial charge in [0.1, 0.15) is 0 Å². The molecule has 0 heterocycles. The summed E-state index contributed by atoms with van der Waals surface area (Å²) < 4.78 is 0. The predicted octanol–water partition coefficient (Wildman–Crippen LogP) is 4.39. The molecular formula is C17H18O2. The molecule has 98 valence electrons. The van der Waals surface area contributed by atoms with Crippen molar-refractivity contribution >= 4 is 12.2 Å². The van der Waals surface area contributed by atoms with Crippen LogP contribution in [0.25, 0.3) is 12.2 Å². The van der Waals surface area contributed by atoms with Gasteiger partial charge in [0.2, 0.25) is 0 Å². The van der Waals surface area contributed by atoms with E-state index >= 15 is 0 Å². The van der Waals surface area contributed by atoms with Crippen LogP contribution >= 0.6 is 0 Å². The van der Waals surface area contributed by atoms with Crippen LogP contribution < -0.4 is 0 Å². The second-order valence-corrected chi connectivity index (χ2v) is 4.90. The Hall–Kier alpha value is -2.22. The van der Waals surface area contributed by atoms with E-state index in [4.69, 9.17) is 0 Å². The minimum absolute atomic E-state index is 0.0987. The van der Waals surface area contributed by atoms with Gasteiger partial charge in [0.25, 0.3) is 0 Å². The minimum Gasteiger partial charge on any atom is -0.504 e. The Balaban J connectivity index is 2.15. The zero-order valence-electron chi connectivity index (χ0n) is 11.2. The van der Waals surface area contributed by atoms with E-state index in [1.807, 2.05) is 12.2 Å². The van der Waals surface area contributed by atoms with E-state index < -0.39 is 0 Å². The predicted molar refractivity (Wildman–Crippen MR) is 79.2 cm³/mol. The Bertz CT molecular complexity index is 581. The highest BCUT2D eigenvalue weighted by molar-refractivity contribution is 5.70. The van der Waals surface area contributed by atoms with Crippen LogP contribution in [0.5, 0.6) is 11.5 Å². The average Bonchev–Trinajstić information content (AvgIpc) is 2.40. The van der Waals surface area contributed by atoms with Gasteiger partial charge in [-0.15, -0.1) is 0 Å². The second-order valence-electron chi connectivity index (χ2n) is 4.90. The summed E-state index contributed by atoms with van der Waals surface area (Å²) in [6.45, 7) is 4.34. The normalized spacial score (nSPS) is 11.3. The van der Waals surface area contributed by atoms with Gasteiger partial charge in [-0.3, -0.25) is 0 Å². The van der Waals surface area contributed by atoms with Gasteiger partial charge in [0.05, 0.1) is 0 Å². The lowest BCUT2D eigenvalue weighted by atomic mass is 10.0. The summed E-state index contributed by atoms with van der Waals surface area (Å²) in [7, 11) is 0. The fraction of sp³-hybridized carbons (Fsp3) is 0.176. The van der Waals surface area contributed by atoms with Gasteiger partial charge < -0.3 is 10.2 Å². The van der Waals surface area contributed by atoms with E-state index in [1.165, 1.54) is 17.7 Å². The Labute approximate surface area is 113 Å². The molecule has 0 aliphatic carbocycles. The number of hydrogen-bond donors (Lipinski definition) is 2. The molecule has 0 atom stereocenters. The van der Waals surface area contributed by atoms with Gasteiger partial charge in [-0.25, -0.2) is 0 Å². The Morgan fingerprint density at radius 3 is 1.95 bits per heavy atom. The third kappa shape index (κ3) is 3.38. The van der Waals surface area contributed by atoms with Crippen molar-refractivity contribution in [2.75, 3.05) is 0 Å². The van der Waals surface area contributed by atoms with Gasteiger partial charge >= 0.3 is 0 Å². The molecule has 0 aliphatic heterocycles. The largest absolute Gasteiger partial charge is 0.504 e. The highest BCUT2D eigenvalue weighted by Crippen LogP contribution is 2.25. The molecule has 0 radical (unpaired) electrons. The van der Waals surface area contributed by atoms with Crippen molar-refractivity contribution in [2.45, 2.75) is 19.8 Å². The zero-order valence-corrected chi connectivity index (χ0v) is 11.2. The van der Waals surface area contributed by atoms with Crippen molar-refractivity contribution in [3.8, 4) is 11.5 Å². The van der Waals surface area contributed by atoms with E-state index in [2.05, 4.69) is 38.1 Å². The van der Waals surface area contributed by atoms with Crippen molar-refractivity contribution < 1.29 is 10.2 Å². The maximum atomic E-state index is 9.41. The second kappa shape index (κ2) is 5.61. The fourth-order valence-corrected chi connectivity index (χ4v) is 1.83. The Morgan fingerprint density at radius 2 is 1.37 bits per heavy atom. The first-order chi connectivity index (χ1) is 9.06. The lowest BCUT2D eigenvalue weighted by molar-refractivity contribution is 0.403. The summed E-state index contributed by atoms with van der Waals surface area (Å²) in [6.07, 6.45) is 3.89. The molecule has 0 fully saturated rings. The maximum absolute atomic E-state index is 9.41. The summed E-state index contributed by atoms with van der Waals surface area (Å²) >= 11 is 0. The van der Waals surface area contributed by atoms with Crippen LogP contribution in [-0.4, -0.2) is 10.2 Å². The molecule has 0 amide bonds. The van der Waals surface area contributed by atoms with Crippen molar-refractivity contribution in [1.82, 2.24) is 0 Å². The van der Waals surface area contributed by atoms with E-state index in [0.717, 1.165) is 11.1 Å². The lowest BCUT2D eigenvalue weighted by Gasteiger charge is -2.04. The summed E-state index contributed by atoms with van der Waals surface area (Å²) in [4.78, 5) is 0. The molecular weight excluding hydrogens is 236 g/mol.